The molecule has 3 N–H and O–H groups in total. The van der Waals surface area contributed by atoms with Crippen molar-refractivity contribution >= 4 is 40.1 Å². The number of rotatable bonds is 3. The van der Waals surface area contributed by atoms with Crippen LogP contribution >= 0.6 is 23.2 Å². The summed E-state index contributed by atoms with van der Waals surface area (Å²) in [5.74, 6) is -0.896. The van der Waals surface area contributed by atoms with E-state index in [0.717, 1.165) is 0 Å². The number of halogens is 2. The molecule has 0 spiro atoms. The molecule has 0 saturated heterocycles. The molecule has 0 saturated carbocycles. The van der Waals surface area contributed by atoms with Gasteiger partial charge in [0, 0.05) is 38.8 Å². The molecule has 4 nitrogen and oxygen atoms in total. The van der Waals surface area contributed by atoms with E-state index in [4.69, 9.17) is 28.3 Å². The van der Waals surface area contributed by atoms with Crippen LogP contribution in [0.1, 0.15) is 5.56 Å². The second kappa shape index (κ2) is 5.55. The first kappa shape index (κ1) is 14.8. The number of nitrogens with one attached hydrogen (secondary N) is 1. The molecule has 3 aromatic rings. The van der Waals surface area contributed by atoms with Crippen molar-refractivity contribution in [2.75, 3.05) is 0 Å². The predicted octanol–water partition coefficient (Wildman–Crippen LogP) is 4.47. The lowest BCUT2D eigenvalue weighted by atomic mass is 9.97. The molecule has 6 heteroatoms. The van der Waals surface area contributed by atoms with Gasteiger partial charge in [0.25, 0.3) is 0 Å². The SMILES string of the molecule is O=C(O)Cc1c[nH]c2cc(O)cc(-c3c(Cl)cccc3Cl)c12. The highest BCUT2D eigenvalue weighted by molar-refractivity contribution is 6.39. The maximum atomic E-state index is 11.0. The van der Waals surface area contributed by atoms with Crippen LogP contribution in [-0.2, 0) is 11.2 Å². The number of hydrogen-bond acceptors (Lipinski definition) is 2. The second-order valence-electron chi connectivity index (χ2n) is 4.90. The van der Waals surface area contributed by atoms with Gasteiger partial charge >= 0.3 is 5.97 Å². The topological polar surface area (TPSA) is 73.3 Å². The Labute approximate surface area is 135 Å². The van der Waals surface area contributed by atoms with Crippen LogP contribution < -0.4 is 0 Å². The number of carbonyl (C=O) groups is 1. The van der Waals surface area contributed by atoms with Gasteiger partial charge in [0.2, 0.25) is 0 Å². The van der Waals surface area contributed by atoms with Crippen molar-refractivity contribution < 1.29 is 15.0 Å². The average molecular weight is 336 g/mol. The zero-order valence-electron chi connectivity index (χ0n) is 11.2. The minimum absolute atomic E-state index is 0.0437. The van der Waals surface area contributed by atoms with Gasteiger partial charge < -0.3 is 15.2 Å². The van der Waals surface area contributed by atoms with Crippen molar-refractivity contribution in [3.8, 4) is 16.9 Å². The Morgan fingerprint density at radius 1 is 1.18 bits per heavy atom. The summed E-state index contributed by atoms with van der Waals surface area (Å²) in [7, 11) is 0. The van der Waals surface area contributed by atoms with E-state index in [1.807, 2.05) is 0 Å². The van der Waals surface area contributed by atoms with Gasteiger partial charge in [0.15, 0.2) is 0 Å². The van der Waals surface area contributed by atoms with E-state index in [1.54, 1.807) is 24.4 Å². The Bertz CT molecular complexity index is 866. The minimum atomic E-state index is -0.940. The largest absolute Gasteiger partial charge is 0.508 e. The van der Waals surface area contributed by atoms with E-state index in [2.05, 4.69) is 4.98 Å². The maximum absolute atomic E-state index is 11.0. The quantitative estimate of drug-likeness (QED) is 0.660. The lowest BCUT2D eigenvalue weighted by Crippen LogP contribution is -1.99. The van der Waals surface area contributed by atoms with Crippen molar-refractivity contribution in [3.63, 3.8) is 0 Å². The van der Waals surface area contributed by atoms with Crippen molar-refractivity contribution in [2.45, 2.75) is 6.42 Å². The number of aromatic hydroxyl groups is 1. The van der Waals surface area contributed by atoms with Crippen LogP contribution in [0, 0.1) is 0 Å². The number of H-pyrrole nitrogens is 1. The third kappa shape index (κ3) is 2.51. The van der Waals surface area contributed by atoms with Crippen LogP contribution in [0.25, 0.3) is 22.0 Å². The molecule has 0 aliphatic carbocycles. The van der Waals surface area contributed by atoms with Gasteiger partial charge in [-0.25, -0.2) is 0 Å². The van der Waals surface area contributed by atoms with Crippen molar-refractivity contribution in [2.24, 2.45) is 0 Å². The van der Waals surface area contributed by atoms with Gasteiger partial charge in [-0.2, -0.15) is 0 Å². The van der Waals surface area contributed by atoms with Gasteiger partial charge in [-0.3, -0.25) is 4.79 Å². The number of fused-ring (bicyclic) bond motifs is 1. The summed E-state index contributed by atoms with van der Waals surface area (Å²) >= 11 is 12.5. The van der Waals surface area contributed by atoms with Gasteiger partial charge in [0.05, 0.1) is 6.42 Å². The lowest BCUT2D eigenvalue weighted by molar-refractivity contribution is -0.136. The van der Waals surface area contributed by atoms with E-state index in [0.29, 0.717) is 37.6 Å². The Morgan fingerprint density at radius 3 is 2.50 bits per heavy atom. The van der Waals surface area contributed by atoms with E-state index in [9.17, 15) is 9.90 Å². The zero-order valence-corrected chi connectivity index (χ0v) is 12.7. The van der Waals surface area contributed by atoms with Crippen molar-refractivity contribution in [1.82, 2.24) is 4.98 Å². The first-order chi connectivity index (χ1) is 10.5. The predicted molar refractivity (Wildman–Crippen MR) is 86.8 cm³/mol. The number of carboxylic acids is 1. The van der Waals surface area contributed by atoms with E-state index in [1.165, 1.54) is 12.1 Å². The molecule has 0 atom stereocenters. The highest BCUT2D eigenvalue weighted by atomic mass is 35.5. The number of benzene rings is 2. The Hall–Kier alpha value is -2.17. The smallest absolute Gasteiger partial charge is 0.307 e. The first-order valence-corrected chi connectivity index (χ1v) is 7.22. The fourth-order valence-electron chi connectivity index (χ4n) is 2.58. The van der Waals surface area contributed by atoms with Crippen LogP contribution in [-0.4, -0.2) is 21.2 Å². The van der Waals surface area contributed by atoms with Gasteiger partial charge in [0.1, 0.15) is 5.75 Å². The number of aliphatic carboxylic acids is 1. The number of phenolic OH excluding ortho intramolecular Hbond substituents is 1. The highest BCUT2D eigenvalue weighted by Gasteiger charge is 2.17. The molecule has 3 rings (SSSR count). The summed E-state index contributed by atoms with van der Waals surface area (Å²) in [6.07, 6.45) is 1.48. The van der Waals surface area contributed by atoms with Crippen molar-refractivity contribution in [3.05, 3.63) is 52.1 Å². The van der Waals surface area contributed by atoms with E-state index in [-0.39, 0.29) is 12.2 Å². The average Bonchev–Trinajstić information content (AvgIpc) is 2.80. The molecule has 0 fully saturated rings. The number of carboxylic acid groups (broad SMARTS) is 1. The Morgan fingerprint density at radius 2 is 1.86 bits per heavy atom. The summed E-state index contributed by atoms with van der Waals surface area (Å²) in [5.41, 5.74) is 2.40. The van der Waals surface area contributed by atoms with Crippen LogP contribution in [0.4, 0.5) is 0 Å². The molecule has 22 heavy (non-hydrogen) atoms. The molecule has 2 aromatic carbocycles. The summed E-state index contributed by atoms with van der Waals surface area (Å²) < 4.78 is 0. The van der Waals surface area contributed by atoms with Crippen LogP contribution in [0.2, 0.25) is 10.0 Å². The molecule has 0 unspecified atom stereocenters. The van der Waals surface area contributed by atoms with Crippen molar-refractivity contribution in [1.29, 1.82) is 0 Å². The number of aromatic nitrogens is 1. The van der Waals surface area contributed by atoms with Gasteiger partial charge in [-0.15, -0.1) is 0 Å². The molecule has 112 valence electrons. The third-order valence-corrected chi connectivity index (χ3v) is 4.05. The standard InChI is InChI=1S/C16H11Cl2NO3/c17-11-2-1-3-12(18)16(11)10-5-9(20)6-13-15(10)8(7-19-13)4-14(21)22/h1-3,5-7,19-20H,4H2,(H,21,22). The van der Waals surface area contributed by atoms with Crippen LogP contribution in [0.5, 0.6) is 5.75 Å². The number of aromatic amines is 1. The second-order valence-corrected chi connectivity index (χ2v) is 5.71. The van der Waals surface area contributed by atoms with E-state index < -0.39 is 5.97 Å². The molecule has 1 heterocycles. The fraction of sp³-hybridized carbons (Fsp3) is 0.0625. The molecular weight excluding hydrogens is 325 g/mol. The maximum Gasteiger partial charge on any atom is 0.307 e. The molecule has 0 bridgehead atoms. The fourth-order valence-corrected chi connectivity index (χ4v) is 3.18. The molecular formula is C16H11Cl2NO3. The van der Waals surface area contributed by atoms with E-state index >= 15 is 0 Å². The van der Waals surface area contributed by atoms with Crippen LogP contribution in [0.15, 0.2) is 36.5 Å². The summed E-state index contributed by atoms with van der Waals surface area (Å²) in [5, 5.41) is 20.5. The normalized spacial score (nSPS) is 11.0. The monoisotopic (exact) mass is 335 g/mol. The summed E-state index contributed by atoms with van der Waals surface area (Å²) in [6.45, 7) is 0. The summed E-state index contributed by atoms with van der Waals surface area (Å²) in [4.78, 5) is 14.0. The Kier molecular flexibility index (Phi) is 3.72. The molecule has 0 amide bonds. The lowest BCUT2D eigenvalue weighted by Gasteiger charge is -2.11. The zero-order chi connectivity index (χ0) is 15.9. The molecule has 0 aliphatic heterocycles. The Balaban J connectivity index is 2.37. The number of hydrogen-bond donors (Lipinski definition) is 3. The minimum Gasteiger partial charge on any atom is -0.508 e. The highest BCUT2D eigenvalue weighted by Crippen LogP contribution is 2.41. The van der Waals surface area contributed by atoms with Gasteiger partial charge in [-0.1, -0.05) is 29.3 Å². The molecule has 0 radical (unpaired) electrons. The first-order valence-electron chi connectivity index (χ1n) is 6.46. The molecule has 0 aliphatic rings. The number of phenols is 1. The third-order valence-electron chi connectivity index (χ3n) is 3.42. The van der Waals surface area contributed by atoms with Crippen LogP contribution in [0.3, 0.4) is 0 Å². The van der Waals surface area contributed by atoms with Gasteiger partial charge in [-0.05, 0) is 29.3 Å². The molecule has 1 aromatic heterocycles. The summed E-state index contributed by atoms with van der Waals surface area (Å²) in [6, 6.07) is 8.19.